The van der Waals surface area contributed by atoms with Crippen molar-refractivity contribution in [1.82, 2.24) is 29.6 Å². The van der Waals surface area contributed by atoms with Crippen molar-refractivity contribution in [3.05, 3.63) is 46.3 Å². The number of hydrogen-bond donors (Lipinski definition) is 1. The maximum absolute atomic E-state index is 13.3. The van der Waals surface area contributed by atoms with Gasteiger partial charge in [0.25, 0.3) is 5.56 Å². The van der Waals surface area contributed by atoms with Crippen LogP contribution in [-0.4, -0.2) is 74.4 Å². The summed E-state index contributed by atoms with van der Waals surface area (Å²) in [7, 11) is 0. The summed E-state index contributed by atoms with van der Waals surface area (Å²) in [5.74, 6) is -0.0596. The Bertz CT molecular complexity index is 1340. The van der Waals surface area contributed by atoms with Crippen LogP contribution >= 0.6 is 0 Å². The van der Waals surface area contributed by atoms with Crippen LogP contribution in [0.4, 0.5) is 32.3 Å². The minimum atomic E-state index is -4.72. The molecule has 1 fully saturated rings. The van der Waals surface area contributed by atoms with Gasteiger partial charge in [0.05, 0.1) is 47.9 Å². The maximum atomic E-state index is 13.3. The second-order valence-electron chi connectivity index (χ2n) is 8.71. The molecule has 4 heterocycles. The van der Waals surface area contributed by atoms with E-state index in [0.29, 0.717) is 19.6 Å². The molecule has 10 nitrogen and oxygen atoms in total. The van der Waals surface area contributed by atoms with Crippen LogP contribution in [0.25, 0.3) is 10.9 Å². The van der Waals surface area contributed by atoms with Crippen molar-refractivity contribution in [3.63, 3.8) is 0 Å². The first-order valence-corrected chi connectivity index (χ1v) is 11.5. The molecular formula is C22H23F6N7O3. The smallest absolute Gasteiger partial charge is 0.379 e. The number of aromatic amines is 1. The Labute approximate surface area is 211 Å². The topological polar surface area (TPSA) is 109 Å². The Morgan fingerprint density at radius 2 is 1.79 bits per heavy atom. The van der Waals surface area contributed by atoms with Gasteiger partial charge in [-0.05, 0) is 6.92 Å². The van der Waals surface area contributed by atoms with Crippen LogP contribution in [0, 0.1) is 0 Å². The average molecular weight is 547 g/mol. The van der Waals surface area contributed by atoms with Crippen LogP contribution in [0.2, 0.25) is 0 Å². The van der Waals surface area contributed by atoms with E-state index in [1.54, 1.807) is 16.7 Å². The predicted octanol–water partition coefficient (Wildman–Crippen LogP) is 2.70. The zero-order chi connectivity index (χ0) is 27.7. The van der Waals surface area contributed by atoms with Crippen LogP contribution in [0.5, 0.6) is 0 Å². The quantitative estimate of drug-likeness (QED) is 0.358. The highest BCUT2D eigenvalue weighted by Gasteiger charge is 2.36. The van der Waals surface area contributed by atoms with Gasteiger partial charge in [-0.3, -0.25) is 9.59 Å². The molecular weight excluding hydrogens is 524 g/mol. The highest BCUT2D eigenvalue weighted by Crippen LogP contribution is 2.34. The number of rotatable bonds is 7. The third kappa shape index (κ3) is 5.89. The van der Waals surface area contributed by atoms with Crippen molar-refractivity contribution in [3.8, 4) is 0 Å². The number of nitrogens with one attached hydrogen (secondary N) is 1. The van der Waals surface area contributed by atoms with Gasteiger partial charge in [-0.2, -0.15) is 31.4 Å². The van der Waals surface area contributed by atoms with Crippen LogP contribution in [-0.2, 0) is 28.4 Å². The SMILES string of the molecule is CC1CN(c2ncc(C(F)(F)F)cn2)CCN1C(=O)CCOCCn1cc(C(F)(F)F)c2c(=O)[nH]ncc21. The number of hydrogen-bond acceptors (Lipinski definition) is 7. The van der Waals surface area contributed by atoms with Crippen LogP contribution in [0.3, 0.4) is 0 Å². The van der Waals surface area contributed by atoms with Gasteiger partial charge in [-0.25, -0.2) is 15.1 Å². The largest absolute Gasteiger partial charge is 0.419 e. The molecule has 4 rings (SSSR count). The Kier molecular flexibility index (Phi) is 7.62. The molecule has 0 aliphatic carbocycles. The first-order chi connectivity index (χ1) is 17.9. The number of piperazine rings is 1. The number of amides is 1. The standard InChI is InChI=1S/C22H23F6N7O3/c1-13-11-34(20-29-8-14(9-30-20)21(23,24)25)3-4-35(13)17(36)2-6-38-7-5-33-12-15(22(26,27)28)18-16(33)10-31-32-19(18)37/h8-10,12-13H,2-7,11H2,1H3,(H,32,37). The van der Waals surface area contributed by atoms with Crippen LogP contribution in [0.15, 0.2) is 29.6 Å². The van der Waals surface area contributed by atoms with Gasteiger partial charge in [0, 0.05) is 50.8 Å². The molecule has 1 saturated heterocycles. The number of alkyl halides is 6. The van der Waals surface area contributed by atoms with Gasteiger partial charge in [-0.1, -0.05) is 0 Å². The number of ether oxygens (including phenoxy) is 1. The fourth-order valence-electron chi connectivity index (χ4n) is 4.27. The Morgan fingerprint density at radius 1 is 1.08 bits per heavy atom. The molecule has 206 valence electrons. The zero-order valence-corrected chi connectivity index (χ0v) is 20.0. The summed E-state index contributed by atoms with van der Waals surface area (Å²) in [6, 6.07) is -0.264. The normalized spacial score (nSPS) is 16.9. The van der Waals surface area contributed by atoms with Gasteiger partial charge in [0.1, 0.15) is 0 Å². The molecule has 0 aromatic carbocycles. The second kappa shape index (κ2) is 10.6. The molecule has 1 N–H and O–H groups in total. The molecule has 1 aliphatic heterocycles. The van der Waals surface area contributed by atoms with Crippen molar-refractivity contribution < 1.29 is 35.9 Å². The third-order valence-electron chi connectivity index (χ3n) is 6.14. The minimum absolute atomic E-state index is 0.00422. The fraction of sp³-hybridized carbons (Fsp3) is 0.500. The number of halogens is 6. The van der Waals surface area contributed by atoms with Gasteiger partial charge in [-0.15, -0.1) is 0 Å². The van der Waals surface area contributed by atoms with Crippen molar-refractivity contribution in [2.75, 3.05) is 37.7 Å². The van der Waals surface area contributed by atoms with E-state index in [1.165, 1.54) is 4.57 Å². The van der Waals surface area contributed by atoms with E-state index in [4.69, 9.17) is 4.74 Å². The molecule has 1 atom stereocenters. The van der Waals surface area contributed by atoms with E-state index in [2.05, 4.69) is 15.1 Å². The highest BCUT2D eigenvalue weighted by atomic mass is 19.4. The molecule has 0 saturated carbocycles. The lowest BCUT2D eigenvalue weighted by molar-refractivity contribution is -0.138. The van der Waals surface area contributed by atoms with Crippen molar-refractivity contribution in [2.45, 2.75) is 38.3 Å². The van der Waals surface area contributed by atoms with E-state index in [1.807, 2.05) is 5.10 Å². The number of carbonyl (C=O) groups excluding carboxylic acids is 1. The predicted molar refractivity (Wildman–Crippen MR) is 121 cm³/mol. The summed E-state index contributed by atoms with van der Waals surface area (Å²) in [5, 5.41) is 5.06. The summed E-state index contributed by atoms with van der Waals surface area (Å²) in [6.07, 6.45) is -5.82. The molecule has 3 aromatic heterocycles. The molecule has 1 aliphatic rings. The van der Waals surface area contributed by atoms with Gasteiger partial charge in [0.15, 0.2) is 0 Å². The molecule has 3 aromatic rings. The molecule has 1 unspecified atom stereocenters. The molecule has 16 heteroatoms. The van der Waals surface area contributed by atoms with Crippen molar-refractivity contribution in [1.29, 1.82) is 0 Å². The second-order valence-corrected chi connectivity index (χ2v) is 8.71. The highest BCUT2D eigenvalue weighted by molar-refractivity contribution is 5.82. The van der Waals surface area contributed by atoms with E-state index >= 15 is 0 Å². The first-order valence-electron chi connectivity index (χ1n) is 11.5. The van der Waals surface area contributed by atoms with Crippen molar-refractivity contribution in [2.24, 2.45) is 0 Å². The Hall–Kier alpha value is -3.69. The Balaban J connectivity index is 1.26. The summed E-state index contributed by atoms with van der Waals surface area (Å²) in [4.78, 5) is 35.4. The summed E-state index contributed by atoms with van der Waals surface area (Å²) >= 11 is 0. The zero-order valence-electron chi connectivity index (χ0n) is 20.0. The number of carbonyl (C=O) groups is 1. The average Bonchev–Trinajstić information content (AvgIpc) is 3.24. The van der Waals surface area contributed by atoms with Gasteiger partial charge < -0.3 is 19.1 Å². The fourth-order valence-corrected chi connectivity index (χ4v) is 4.27. The van der Waals surface area contributed by atoms with Crippen molar-refractivity contribution >= 4 is 22.8 Å². The molecule has 1 amide bonds. The number of H-pyrrole nitrogens is 1. The van der Waals surface area contributed by atoms with Crippen LogP contribution in [0.1, 0.15) is 24.5 Å². The lowest BCUT2D eigenvalue weighted by Gasteiger charge is -2.40. The van der Waals surface area contributed by atoms with E-state index < -0.39 is 34.4 Å². The van der Waals surface area contributed by atoms with E-state index in [0.717, 1.165) is 24.8 Å². The first kappa shape index (κ1) is 27.3. The van der Waals surface area contributed by atoms with E-state index in [-0.39, 0.29) is 49.6 Å². The molecule has 0 bridgehead atoms. The summed E-state index contributed by atoms with van der Waals surface area (Å²) in [5.41, 5.74) is -2.94. The Morgan fingerprint density at radius 3 is 2.42 bits per heavy atom. The van der Waals surface area contributed by atoms with Gasteiger partial charge in [0.2, 0.25) is 11.9 Å². The summed E-state index contributed by atoms with van der Waals surface area (Å²) in [6.45, 7) is 2.79. The van der Waals surface area contributed by atoms with Gasteiger partial charge >= 0.3 is 12.4 Å². The maximum Gasteiger partial charge on any atom is 0.419 e. The monoisotopic (exact) mass is 547 g/mol. The van der Waals surface area contributed by atoms with E-state index in [9.17, 15) is 35.9 Å². The number of aromatic nitrogens is 5. The van der Waals surface area contributed by atoms with Crippen LogP contribution < -0.4 is 10.5 Å². The lowest BCUT2D eigenvalue weighted by Crippen LogP contribution is -2.54. The molecule has 38 heavy (non-hydrogen) atoms. The minimum Gasteiger partial charge on any atom is -0.379 e. The lowest BCUT2D eigenvalue weighted by atomic mass is 10.2. The molecule has 0 spiro atoms. The summed E-state index contributed by atoms with van der Waals surface area (Å²) < 4.78 is 84.8. The number of anilines is 1. The number of fused-ring (bicyclic) bond motifs is 1. The molecule has 0 radical (unpaired) electrons. The third-order valence-corrected chi connectivity index (χ3v) is 6.14. The number of nitrogens with zero attached hydrogens (tertiary/aromatic N) is 6.